The number of hydrogen-bond acceptors (Lipinski definition) is 2. The van der Waals surface area contributed by atoms with Gasteiger partial charge in [0.1, 0.15) is 6.61 Å². The minimum Gasteiger partial charge on any atom is -0.475 e. The van der Waals surface area contributed by atoms with Crippen LogP contribution < -0.4 is 0 Å². The Morgan fingerprint density at radius 2 is 2.70 bits per heavy atom. The summed E-state index contributed by atoms with van der Waals surface area (Å²) >= 11 is 0. The number of ether oxygens (including phenoxy) is 1. The lowest BCUT2D eigenvalue weighted by molar-refractivity contribution is 0.348. The molecule has 1 radical (unpaired) electrons. The van der Waals surface area contributed by atoms with Crippen LogP contribution in [0, 0.1) is 6.20 Å². The molecule has 2 rings (SSSR count). The molecular weight excluding hydrogens is 128 g/mol. The van der Waals surface area contributed by atoms with Gasteiger partial charge in [0.05, 0.1) is 18.3 Å². The maximum atomic E-state index is 5.20. The summed E-state index contributed by atoms with van der Waals surface area (Å²) in [6, 6.07) is 1.89. The fraction of sp³-hybridized carbons (Fsp3) is 0.286. The first-order valence-corrected chi connectivity index (χ1v) is 3.19. The third-order valence-corrected chi connectivity index (χ3v) is 1.36. The van der Waals surface area contributed by atoms with Crippen molar-refractivity contribution in [2.24, 2.45) is 4.99 Å². The van der Waals surface area contributed by atoms with E-state index in [0.717, 1.165) is 12.1 Å². The molecule has 10 heavy (non-hydrogen) atoms. The second kappa shape index (κ2) is 2.17. The van der Waals surface area contributed by atoms with Gasteiger partial charge in [0, 0.05) is 6.20 Å². The van der Waals surface area contributed by atoms with Crippen LogP contribution in [0.1, 0.15) is 5.56 Å². The smallest absolute Gasteiger partial charge is 0.218 e. The summed E-state index contributed by atoms with van der Waals surface area (Å²) in [6.07, 6.45) is 4.70. The molecule has 3 nitrogen and oxygen atoms in total. The lowest BCUT2D eigenvalue weighted by Crippen LogP contribution is -1.98. The maximum absolute atomic E-state index is 5.20. The monoisotopic (exact) mass is 135 g/mol. The molecule has 1 aromatic rings. The highest BCUT2D eigenvalue weighted by Gasteiger charge is 2.09. The van der Waals surface area contributed by atoms with Crippen molar-refractivity contribution in [2.75, 3.05) is 13.2 Å². The Labute approximate surface area is 58.7 Å². The highest BCUT2D eigenvalue weighted by atomic mass is 16.5. The van der Waals surface area contributed by atoms with E-state index in [0.29, 0.717) is 12.5 Å². The largest absolute Gasteiger partial charge is 0.475 e. The molecular formula is C7H7N2O. The van der Waals surface area contributed by atoms with Gasteiger partial charge in [0.25, 0.3) is 0 Å². The molecule has 1 aromatic heterocycles. The molecule has 0 saturated heterocycles. The van der Waals surface area contributed by atoms with Crippen molar-refractivity contribution in [3.05, 3.63) is 24.0 Å². The Bertz CT molecular complexity index is 238. The van der Waals surface area contributed by atoms with Crippen molar-refractivity contribution >= 4 is 5.90 Å². The van der Waals surface area contributed by atoms with Crippen molar-refractivity contribution in [3.8, 4) is 0 Å². The molecule has 0 aliphatic carbocycles. The second-order valence-corrected chi connectivity index (χ2v) is 2.05. The average molecular weight is 135 g/mol. The Balaban J connectivity index is 2.28. The highest BCUT2D eigenvalue weighted by molar-refractivity contribution is 5.94. The van der Waals surface area contributed by atoms with Crippen LogP contribution in [0.4, 0.5) is 0 Å². The van der Waals surface area contributed by atoms with Gasteiger partial charge in [-0.1, -0.05) is 0 Å². The lowest BCUT2D eigenvalue weighted by Gasteiger charge is -1.94. The van der Waals surface area contributed by atoms with Crippen molar-refractivity contribution in [3.63, 3.8) is 0 Å². The van der Waals surface area contributed by atoms with Gasteiger partial charge in [-0.05, 0) is 6.07 Å². The fourth-order valence-corrected chi connectivity index (χ4v) is 0.909. The third-order valence-electron chi connectivity index (χ3n) is 1.36. The van der Waals surface area contributed by atoms with Gasteiger partial charge in [0.2, 0.25) is 5.90 Å². The van der Waals surface area contributed by atoms with Gasteiger partial charge >= 0.3 is 0 Å². The number of H-pyrrole nitrogens is 1. The molecule has 3 heteroatoms. The van der Waals surface area contributed by atoms with E-state index < -0.39 is 0 Å². The number of aromatic nitrogens is 1. The van der Waals surface area contributed by atoms with E-state index in [1.165, 1.54) is 0 Å². The van der Waals surface area contributed by atoms with Gasteiger partial charge < -0.3 is 9.72 Å². The molecule has 1 aliphatic rings. The van der Waals surface area contributed by atoms with Crippen LogP contribution in [0.3, 0.4) is 0 Å². The predicted octanol–water partition coefficient (Wildman–Crippen LogP) is 0.592. The molecule has 0 aromatic carbocycles. The zero-order chi connectivity index (χ0) is 6.81. The Hall–Kier alpha value is -1.25. The molecule has 1 N–H and O–H groups in total. The molecule has 1 aliphatic heterocycles. The lowest BCUT2D eigenvalue weighted by atomic mass is 10.3. The van der Waals surface area contributed by atoms with Crippen LogP contribution in [-0.2, 0) is 4.74 Å². The summed E-state index contributed by atoms with van der Waals surface area (Å²) in [5.41, 5.74) is 0.914. The third kappa shape index (κ3) is 0.795. The van der Waals surface area contributed by atoms with E-state index in [1.807, 2.05) is 6.07 Å². The number of aliphatic imine (C=N–C) groups is 1. The number of hydrogen-bond donors (Lipinski definition) is 1. The standard InChI is InChI=1S/C7H7N2O/c1-2-8-5-6(1)7-9-3-4-10-7/h1-2,8H,3-4H2. The molecule has 0 saturated carbocycles. The SMILES string of the molecule is [c]1[nH]ccc1C1=NCCO1. The van der Waals surface area contributed by atoms with E-state index in [9.17, 15) is 0 Å². The first-order valence-electron chi connectivity index (χ1n) is 3.19. The number of nitrogens with one attached hydrogen (secondary N) is 1. The second-order valence-electron chi connectivity index (χ2n) is 2.05. The van der Waals surface area contributed by atoms with E-state index in [2.05, 4.69) is 16.2 Å². The molecule has 51 valence electrons. The van der Waals surface area contributed by atoms with Gasteiger partial charge in [-0.3, -0.25) is 0 Å². The summed E-state index contributed by atoms with van der Waals surface area (Å²) in [6.45, 7) is 1.47. The van der Waals surface area contributed by atoms with Gasteiger partial charge in [-0.15, -0.1) is 0 Å². The summed E-state index contributed by atoms with van der Waals surface area (Å²) < 4.78 is 5.20. The molecule has 0 fully saturated rings. The maximum Gasteiger partial charge on any atom is 0.218 e. The molecule has 0 spiro atoms. The first-order chi connectivity index (χ1) is 4.97. The van der Waals surface area contributed by atoms with Gasteiger partial charge in [-0.25, -0.2) is 4.99 Å². The van der Waals surface area contributed by atoms with Crippen LogP contribution in [0.2, 0.25) is 0 Å². The van der Waals surface area contributed by atoms with Crippen LogP contribution in [-0.4, -0.2) is 24.0 Å². The summed E-state index contributed by atoms with van der Waals surface area (Å²) in [4.78, 5) is 6.94. The summed E-state index contributed by atoms with van der Waals surface area (Å²) in [5.74, 6) is 0.709. The Kier molecular flexibility index (Phi) is 1.20. The first kappa shape index (κ1) is 5.53. The number of rotatable bonds is 1. The quantitative estimate of drug-likeness (QED) is 0.601. The van der Waals surface area contributed by atoms with Crippen molar-refractivity contribution in [1.29, 1.82) is 0 Å². The fourth-order valence-electron chi connectivity index (χ4n) is 0.909. The zero-order valence-electron chi connectivity index (χ0n) is 5.42. The number of aromatic amines is 1. The average Bonchev–Trinajstić information content (AvgIpc) is 2.59. The topological polar surface area (TPSA) is 37.4 Å². The molecule has 2 heterocycles. The highest BCUT2D eigenvalue weighted by Crippen LogP contribution is 2.04. The van der Waals surface area contributed by atoms with E-state index in [4.69, 9.17) is 4.74 Å². The van der Waals surface area contributed by atoms with Crippen LogP contribution in [0.15, 0.2) is 17.3 Å². The van der Waals surface area contributed by atoms with Crippen molar-refractivity contribution in [2.45, 2.75) is 0 Å². The van der Waals surface area contributed by atoms with E-state index >= 15 is 0 Å². The molecule has 0 amide bonds. The predicted molar refractivity (Wildman–Crippen MR) is 37.0 cm³/mol. The van der Waals surface area contributed by atoms with Crippen molar-refractivity contribution < 1.29 is 4.74 Å². The van der Waals surface area contributed by atoms with Crippen LogP contribution in [0.25, 0.3) is 0 Å². The zero-order valence-corrected chi connectivity index (χ0v) is 5.42. The Morgan fingerprint density at radius 3 is 3.30 bits per heavy atom. The Morgan fingerprint density at radius 1 is 1.70 bits per heavy atom. The normalized spacial score (nSPS) is 16.6. The van der Waals surface area contributed by atoms with Crippen LogP contribution >= 0.6 is 0 Å². The van der Waals surface area contributed by atoms with Gasteiger partial charge in [0.15, 0.2) is 0 Å². The number of nitrogens with zero attached hydrogens (tertiary/aromatic N) is 1. The molecule has 0 unspecified atom stereocenters. The van der Waals surface area contributed by atoms with Crippen LogP contribution in [0.5, 0.6) is 0 Å². The van der Waals surface area contributed by atoms with E-state index in [-0.39, 0.29) is 0 Å². The minimum atomic E-state index is 0.703. The molecule has 0 atom stereocenters. The summed E-state index contributed by atoms with van der Waals surface area (Å²) in [5, 5.41) is 0. The van der Waals surface area contributed by atoms with Crippen molar-refractivity contribution in [1.82, 2.24) is 4.98 Å². The molecule has 0 bridgehead atoms. The van der Waals surface area contributed by atoms with Gasteiger partial charge in [-0.2, -0.15) is 0 Å². The van der Waals surface area contributed by atoms with E-state index in [1.54, 1.807) is 6.20 Å². The minimum absolute atomic E-state index is 0.703. The summed E-state index contributed by atoms with van der Waals surface area (Å²) in [7, 11) is 0.